The van der Waals surface area contributed by atoms with Gasteiger partial charge in [0.25, 0.3) is 0 Å². The third kappa shape index (κ3) is 4.53. The zero-order valence-corrected chi connectivity index (χ0v) is 19.3. The molecule has 0 spiro atoms. The number of ether oxygens (including phenoxy) is 2. The molecule has 5 rings (SSSR count). The average Bonchev–Trinajstić information content (AvgIpc) is 3.52. The molecule has 0 atom stereocenters. The van der Waals surface area contributed by atoms with E-state index in [0.29, 0.717) is 12.2 Å². The number of imidazole rings is 1. The summed E-state index contributed by atoms with van der Waals surface area (Å²) in [5, 5.41) is 0. The van der Waals surface area contributed by atoms with Crippen molar-refractivity contribution in [2.45, 2.75) is 38.3 Å². The van der Waals surface area contributed by atoms with Crippen LogP contribution in [0.4, 0.5) is 5.69 Å². The Bertz CT molecular complexity index is 1360. The van der Waals surface area contributed by atoms with E-state index in [1.54, 1.807) is 7.11 Å². The maximum atomic E-state index is 7.19. The van der Waals surface area contributed by atoms with Crippen molar-refractivity contribution in [3.8, 4) is 11.5 Å². The van der Waals surface area contributed by atoms with Crippen LogP contribution in [0, 0.1) is 6.57 Å². The van der Waals surface area contributed by atoms with Crippen molar-refractivity contribution in [2.75, 3.05) is 7.11 Å². The smallest absolute Gasteiger partial charge is 0.187 e. The van der Waals surface area contributed by atoms with Crippen LogP contribution >= 0.6 is 0 Å². The van der Waals surface area contributed by atoms with Crippen molar-refractivity contribution in [1.29, 1.82) is 0 Å². The van der Waals surface area contributed by atoms with E-state index >= 15 is 0 Å². The molecular weight excluding hydrogens is 422 g/mol. The van der Waals surface area contributed by atoms with E-state index in [1.165, 1.54) is 12.8 Å². The lowest BCUT2D eigenvalue weighted by Gasteiger charge is -2.18. The average molecular weight is 450 g/mol. The monoisotopic (exact) mass is 449 g/mol. The van der Waals surface area contributed by atoms with Crippen LogP contribution in [-0.4, -0.2) is 22.8 Å². The minimum atomic E-state index is 0.242. The molecule has 0 radical (unpaired) electrons. The van der Waals surface area contributed by atoms with Crippen molar-refractivity contribution >= 4 is 28.9 Å². The van der Waals surface area contributed by atoms with Crippen LogP contribution < -0.4 is 9.47 Å². The lowest BCUT2D eigenvalue weighted by atomic mass is 10.1. The van der Waals surface area contributed by atoms with Gasteiger partial charge in [-0.1, -0.05) is 48.5 Å². The number of methoxy groups -OCH3 is 1. The molecule has 0 N–H and O–H groups in total. The van der Waals surface area contributed by atoms with Gasteiger partial charge >= 0.3 is 0 Å². The summed E-state index contributed by atoms with van der Waals surface area (Å²) in [6.07, 6.45) is 8.95. The summed E-state index contributed by atoms with van der Waals surface area (Å²) < 4.78 is 14.2. The standard InChI is InChI=1S/C29H27N3O2/c1-30-23-17-14-21(15-18-23)20-32-26-12-6-5-11-25(26)31-28(32)19-16-22-8-7-13-27(33-2)29(22)34-24-9-3-4-10-24/h5-8,11-19,24H,3-4,9-10,20H2,2H3. The van der Waals surface area contributed by atoms with Crippen LogP contribution in [-0.2, 0) is 6.54 Å². The first kappa shape index (κ1) is 21.8. The summed E-state index contributed by atoms with van der Waals surface area (Å²) in [7, 11) is 1.68. The van der Waals surface area contributed by atoms with Gasteiger partial charge in [-0.25, -0.2) is 9.83 Å². The van der Waals surface area contributed by atoms with Gasteiger partial charge in [-0.05, 0) is 61.6 Å². The molecule has 3 aromatic carbocycles. The van der Waals surface area contributed by atoms with Gasteiger partial charge in [0.05, 0.1) is 30.8 Å². The van der Waals surface area contributed by atoms with E-state index in [1.807, 2.05) is 60.7 Å². The first-order valence-electron chi connectivity index (χ1n) is 11.7. The summed E-state index contributed by atoms with van der Waals surface area (Å²) in [5.74, 6) is 2.41. The molecule has 1 aliphatic carbocycles. The van der Waals surface area contributed by atoms with E-state index < -0.39 is 0 Å². The minimum absolute atomic E-state index is 0.242. The quantitative estimate of drug-likeness (QED) is 0.282. The fourth-order valence-corrected chi connectivity index (χ4v) is 4.53. The molecular formula is C29H27N3O2. The van der Waals surface area contributed by atoms with E-state index in [0.717, 1.165) is 52.3 Å². The molecule has 0 aliphatic heterocycles. The number of nitrogens with zero attached hydrogens (tertiary/aromatic N) is 3. The molecule has 0 unspecified atom stereocenters. The van der Waals surface area contributed by atoms with Gasteiger partial charge in [-0.3, -0.25) is 0 Å². The second-order valence-electron chi connectivity index (χ2n) is 8.56. The lowest BCUT2D eigenvalue weighted by molar-refractivity contribution is 0.200. The molecule has 1 heterocycles. The minimum Gasteiger partial charge on any atom is -0.493 e. The van der Waals surface area contributed by atoms with Crippen LogP contribution in [0.3, 0.4) is 0 Å². The van der Waals surface area contributed by atoms with Gasteiger partial charge in [0.2, 0.25) is 0 Å². The van der Waals surface area contributed by atoms with Crippen LogP contribution in [0.2, 0.25) is 0 Å². The molecule has 0 bridgehead atoms. The largest absolute Gasteiger partial charge is 0.493 e. The number of benzene rings is 3. The Hall–Kier alpha value is -4.04. The van der Waals surface area contributed by atoms with Gasteiger partial charge in [0.15, 0.2) is 17.2 Å². The predicted molar refractivity (Wildman–Crippen MR) is 136 cm³/mol. The Labute approximate surface area is 200 Å². The highest BCUT2D eigenvalue weighted by atomic mass is 16.5. The third-order valence-corrected chi connectivity index (χ3v) is 6.32. The molecule has 5 nitrogen and oxygen atoms in total. The number of aromatic nitrogens is 2. The van der Waals surface area contributed by atoms with Gasteiger partial charge in [0.1, 0.15) is 5.82 Å². The number of hydrogen-bond acceptors (Lipinski definition) is 3. The van der Waals surface area contributed by atoms with Gasteiger partial charge in [-0.2, -0.15) is 0 Å². The maximum Gasteiger partial charge on any atom is 0.187 e. The Morgan fingerprint density at radius 1 is 1.00 bits per heavy atom. The van der Waals surface area contributed by atoms with E-state index in [4.69, 9.17) is 21.0 Å². The van der Waals surface area contributed by atoms with E-state index in [9.17, 15) is 0 Å². The highest BCUT2D eigenvalue weighted by Crippen LogP contribution is 2.36. The number of para-hydroxylation sites is 3. The first-order valence-corrected chi connectivity index (χ1v) is 11.7. The van der Waals surface area contributed by atoms with Crippen molar-refractivity contribution in [2.24, 2.45) is 0 Å². The molecule has 1 aromatic heterocycles. The maximum absolute atomic E-state index is 7.19. The zero-order valence-electron chi connectivity index (χ0n) is 19.3. The van der Waals surface area contributed by atoms with Gasteiger partial charge in [-0.15, -0.1) is 0 Å². The molecule has 1 aliphatic rings. The normalized spacial score (nSPS) is 14.0. The van der Waals surface area contributed by atoms with Crippen molar-refractivity contribution < 1.29 is 9.47 Å². The summed E-state index contributed by atoms with van der Waals surface area (Å²) in [6.45, 7) is 7.86. The Balaban J connectivity index is 1.51. The molecule has 1 fully saturated rings. The predicted octanol–water partition coefficient (Wildman–Crippen LogP) is 7.14. The molecule has 5 heteroatoms. The SMILES string of the molecule is [C-]#[N+]c1ccc(Cn2c(C=Cc3cccc(OC)c3OC3CCCC3)nc3ccccc32)cc1. The summed E-state index contributed by atoms with van der Waals surface area (Å²) in [5.41, 5.74) is 4.77. The fourth-order valence-electron chi connectivity index (χ4n) is 4.53. The van der Waals surface area contributed by atoms with E-state index in [-0.39, 0.29) is 6.10 Å². The third-order valence-electron chi connectivity index (χ3n) is 6.32. The Kier molecular flexibility index (Phi) is 6.31. The van der Waals surface area contributed by atoms with Crippen LogP contribution in [0.5, 0.6) is 11.5 Å². The molecule has 170 valence electrons. The van der Waals surface area contributed by atoms with Gasteiger partial charge < -0.3 is 14.0 Å². The zero-order chi connectivity index (χ0) is 23.3. The van der Waals surface area contributed by atoms with Crippen LogP contribution in [0.15, 0.2) is 66.7 Å². The Morgan fingerprint density at radius 3 is 2.56 bits per heavy atom. The molecule has 4 aromatic rings. The van der Waals surface area contributed by atoms with E-state index in [2.05, 4.69) is 27.6 Å². The first-order chi connectivity index (χ1) is 16.7. The van der Waals surface area contributed by atoms with Crippen molar-refractivity contribution in [3.05, 3.63) is 95.1 Å². The molecule has 34 heavy (non-hydrogen) atoms. The summed E-state index contributed by atoms with van der Waals surface area (Å²) in [4.78, 5) is 8.38. The number of rotatable bonds is 7. The number of fused-ring (bicyclic) bond motifs is 1. The van der Waals surface area contributed by atoms with Crippen molar-refractivity contribution in [3.63, 3.8) is 0 Å². The topological polar surface area (TPSA) is 40.6 Å². The van der Waals surface area contributed by atoms with Crippen molar-refractivity contribution in [1.82, 2.24) is 9.55 Å². The summed E-state index contributed by atoms with van der Waals surface area (Å²) >= 11 is 0. The highest BCUT2D eigenvalue weighted by Gasteiger charge is 2.20. The lowest BCUT2D eigenvalue weighted by Crippen LogP contribution is -2.12. The van der Waals surface area contributed by atoms with Gasteiger partial charge in [0, 0.05) is 12.1 Å². The van der Waals surface area contributed by atoms with Crippen LogP contribution in [0.25, 0.3) is 28.0 Å². The number of hydrogen-bond donors (Lipinski definition) is 0. The molecule has 0 saturated heterocycles. The Morgan fingerprint density at radius 2 is 1.79 bits per heavy atom. The molecule has 0 amide bonds. The fraction of sp³-hybridized carbons (Fsp3) is 0.241. The molecule has 1 saturated carbocycles. The second kappa shape index (κ2) is 9.84. The highest BCUT2D eigenvalue weighted by molar-refractivity contribution is 5.81. The summed E-state index contributed by atoms with van der Waals surface area (Å²) in [6, 6.07) is 21.9. The second-order valence-corrected chi connectivity index (χ2v) is 8.56. The van der Waals surface area contributed by atoms with Crippen LogP contribution in [0.1, 0.15) is 42.6 Å².